The molecule has 1 unspecified atom stereocenters. The molecule has 3 nitrogen and oxygen atoms in total. The van der Waals surface area contributed by atoms with Gasteiger partial charge < -0.3 is 5.32 Å². The van der Waals surface area contributed by atoms with Crippen LogP contribution in [0.2, 0.25) is 0 Å². The average molecular weight is 212 g/mol. The first kappa shape index (κ1) is 11.4. The van der Waals surface area contributed by atoms with Crippen LogP contribution in [0.3, 0.4) is 0 Å². The molecule has 0 saturated heterocycles. The molecule has 0 aromatic carbocycles. The molecule has 0 aromatic rings. The van der Waals surface area contributed by atoms with Crippen molar-refractivity contribution in [1.29, 1.82) is 5.26 Å². The Morgan fingerprint density at radius 3 is 2.71 bits per heavy atom. The summed E-state index contributed by atoms with van der Waals surface area (Å²) in [7, 11) is 0. The van der Waals surface area contributed by atoms with Gasteiger partial charge in [0.15, 0.2) is 0 Å². The van der Waals surface area contributed by atoms with Crippen LogP contribution in [0.15, 0.2) is 0 Å². The first-order chi connectivity index (χ1) is 6.64. The van der Waals surface area contributed by atoms with Gasteiger partial charge in [-0.05, 0) is 25.5 Å². The van der Waals surface area contributed by atoms with Gasteiger partial charge in [0.25, 0.3) is 0 Å². The molecule has 1 aliphatic carbocycles. The predicted octanol–water partition coefficient (Wildman–Crippen LogP) is 1.55. The highest BCUT2D eigenvalue weighted by Crippen LogP contribution is 2.40. The zero-order valence-electron chi connectivity index (χ0n) is 8.67. The molecular weight excluding hydrogens is 196 g/mol. The Bertz CT molecular complexity index is 255. The van der Waals surface area contributed by atoms with Crippen molar-refractivity contribution in [1.82, 2.24) is 5.32 Å². The smallest absolute Gasteiger partial charge is 0.240 e. The Morgan fingerprint density at radius 2 is 2.36 bits per heavy atom. The minimum absolute atomic E-state index is 0.0767. The van der Waals surface area contributed by atoms with Crippen LogP contribution in [0, 0.1) is 16.7 Å². The minimum atomic E-state index is -0.696. The summed E-state index contributed by atoms with van der Waals surface area (Å²) >= 11 is 1.71. The van der Waals surface area contributed by atoms with E-state index in [9.17, 15) is 4.79 Å². The van der Waals surface area contributed by atoms with E-state index in [4.69, 9.17) is 5.26 Å². The summed E-state index contributed by atoms with van der Waals surface area (Å²) in [6.07, 6.45) is 4.46. The zero-order chi connectivity index (χ0) is 10.6. The second-order valence-electron chi connectivity index (χ2n) is 3.80. The molecule has 1 atom stereocenters. The molecule has 1 amide bonds. The van der Waals surface area contributed by atoms with Gasteiger partial charge in [0.2, 0.25) is 5.91 Å². The van der Waals surface area contributed by atoms with Crippen molar-refractivity contribution >= 4 is 17.7 Å². The third-order valence-corrected chi connectivity index (χ3v) is 3.78. The molecule has 14 heavy (non-hydrogen) atoms. The highest BCUT2D eigenvalue weighted by atomic mass is 32.2. The third-order valence-electron chi connectivity index (χ3n) is 2.81. The van der Waals surface area contributed by atoms with Gasteiger partial charge in [0, 0.05) is 11.8 Å². The van der Waals surface area contributed by atoms with Gasteiger partial charge in [-0.3, -0.25) is 4.79 Å². The number of nitrogens with zero attached hydrogens (tertiary/aromatic N) is 1. The third kappa shape index (κ3) is 2.21. The Labute approximate surface area is 89.2 Å². The van der Waals surface area contributed by atoms with Crippen molar-refractivity contribution < 1.29 is 4.79 Å². The van der Waals surface area contributed by atoms with E-state index in [0.29, 0.717) is 11.8 Å². The van der Waals surface area contributed by atoms with Crippen molar-refractivity contribution in [3.63, 3.8) is 0 Å². The monoisotopic (exact) mass is 212 g/mol. The molecule has 0 heterocycles. The molecule has 1 aliphatic rings. The van der Waals surface area contributed by atoms with Crippen molar-refractivity contribution in [3.8, 4) is 6.07 Å². The lowest BCUT2D eigenvalue weighted by molar-refractivity contribution is -0.131. The van der Waals surface area contributed by atoms with Gasteiger partial charge in [0.1, 0.15) is 5.41 Å². The number of amides is 1. The van der Waals surface area contributed by atoms with Crippen LogP contribution in [-0.4, -0.2) is 24.0 Å². The lowest BCUT2D eigenvalue weighted by Crippen LogP contribution is -2.46. The van der Waals surface area contributed by atoms with Gasteiger partial charge in [-0.1, -0.05) is 6.92 Å². The first-order valence-corrected chi connectivity index (χ1v) is 6.16. The summed E-state index contributed by atoms with van der Waals surface area (Å²) in [6, 6.07) is 2.14. The normalized spacial score (nSPS) is 20.4. The van der Waals surface area contributed by atoms with Crippen LogP contribution in [0.1, 0.15) is 26.2 Å². The lowest BCUT2D eigenvalue weighted by atomic mass is 9.69. The summed E-state index contributed by atoms with van der Waals surface area (Å²) in [5.74, 6) is -0.0767. The van der Waals surface area contributed by atoms with Crippen molar-refractivity contribution in [3.05, 3.63) is 0 Å². The van der Waals surface area contributed by atoms with E-state index >= 15 is 0 Å². The molecule has 1 fully saturated rings. The number of carbonyl (C=O) groups excluding carboxylic acids is 1. The standard InChI is InChI=1S/C10H16N2OS/c1-8(14-2)6-12-9(13)10(7-11)4-3-5-10/h8H,3-6H2,1-2H3,(H,12,13). The highest BCUT2D eigenvalue weighted by molar-refractivity contribution is 7.99. The molecule has 4 heteroatoms. The van der Waals surface area contributed by atoms with E-state index in [-0.39, 0.29) is 5.91 Å². The van der Waals surface area contributed by atoms with Crippen molar-refractivity contribution in [2.24, 2.45) is 5.41 Å². The number of nitriles is 1. The maximum absolute atomic E-state index is 11.7. The summed E-state index contributed by atoms with van der Waals surface area (Å²) in [6.45, 7) is 2.72. The largest absolute Gasteiger partial charge is 0.354 e. The van der Waals surface area contributed by atoms with Crippen LogP contribution >= 0.6 is 11.8 Å². The number of nitrogens with one attached hydrogen (secondary N) is 1. The summed E-state index contributed by atoms with van der Waals surface area (Å²) in [5.41, 5.74) is -0.696. The van der Waals surface area contributed by atoms with E-state index < -0.39 is 5.41 Å². The van der Waals surface area contributed by atoms with E-state index in [1.54, 1.807) is 11.8 Å². The minimum Gasteiger partial charge on any atom is -0.354 e. The van der Waals surface area contributed by atoms with E-state index in [1.807, 2.05) is 6.26 Å². The van der Waals surface area contributed by atoms with Gasteiger partial charge in [-0.25, -0.2) is 0 Å². The van der Waals surface area contributed by atoms with Crippen molar-refractivity contribution in [2.75, 3.05) is 12.8 Å². The Balaban J connectivity index is 2.39. The van der Waals surface area contributed by atoms with Crippen LogP contribution < -0.4 is 5.32 Å². The topological polar surface area (TPSA) is 52.9 Å². The van der Waals surface area contributed by atoms with Crippen LogP contribution in [0.4, 0.5) is 0 Å². The lowest BCUT2D eigenvalue weighted by Gasteiger charge is -2.33. The quantitative estimate of drug-likeness (QED) is 0.769. The molecular formula is C10H16N2OS. The highest BCUT2D eigenvalue weighted by Gasteiger charge is 2.44. The average Bonchev–Trinajstić information content (AvgIpc) is 2.13. The molecule has 1 N–H and O–H groups in total. The molecule has 0 aromatic heterocycles. The van der Waals surface area contributed by atoms with Gasteiger partial charge >= 0.3 is 0 Å². The predicted molar refractivity (Wildman–Crippen MR) is 57.9 cm³/mol. The molecule has 0 bridgehead atoms. The van der Waals surface area contributed by atoms with Gasteiger partial charge in [0.05, 0.1) is 6.07 Å². The second kappa shape index (κ2) is 4.70. The Morgan fingerprint density at radius 1 is 1.71 bits per heavy atom. The number of thioether (sulfide) groups is 1. The number of hydrogen-bond acceptors (Lipinski definition) is 3. The summed E-state index contributed by atoms with van der Waals surface area (Å²) < 4.78 is 0. The van der Waals surface area contributed by atoms with Gasteiger partial charge in [-0.15, -0.1) is 0 Å². The van der Waals surface area contributed by atoms with Crippen LogP contribution in [-0.2, 0) is 4.79 Å². The van der Waals surface area contributed by atoms with E-state index in [0.717, 1.165) is 19.3 Å². The molecule has 0 aliphatic heterocycles. The molecule has 0 spiro atoms. The Kier molecular flexibility index (Phi) is 3.82. The SMILES string of the molecule is CSC(C)CNC(=O)C1(C#N)CCC1. The number of hydrogen-bond donors (Lipinski definition) is 1. The maximum Gasteiger partial charge on any atom is 0.240 e. The fraction of sp³-hybridized carbons (Fsp3) is 0.800. The number of carbonyl (C=O) groups is 1. The fourth-order valence-corrected chi connectivity index (χ4v) is 1.66. The summed E-state index contributed by atoms with van der Waals surface area (Å²) in [4.78, 5) is 11.7. The van der Waals surface area contributed by atoms with Crippen LogP contribution in [0.25, 0.3) is 0 Å². The zero-order valence-corrected chi connectivity index (χ0v) is 9.49. The van der Waals surface area contributed by atoms with E-state index in [1.165, 1.54) is 0 Å². The van der Waals surface area contributed by atoms with E-state index in [2.05, 4.69) is 18.3 Å². The molecule has 78 valence electrons. The van der Waals surface area contributed by atoms with Gasteiger partial charge in [-0.2, -0.15) is 17.0 Å². The maximum atomic E-state index is 11.7. The molecule has 0 radical (unpaired) electrons. The number of rotatable bonds is 4. The first-order valence-electron chi connectivity index (χ1n) is 4.87. The molecule has 1 saturated carbocycles. The van der Waals surface area contributed by atoms with Crippen LogP contribution in [0.5, 0.6) is 0 Å². The molecule has 1 rings (SSSR count). The summed E-state index contributed by atoms with van der Waals surface area (Å²) in [5, 5.41) is 12.2. The van der Waals surface area contributed by atoms with Crippen molar-refractivity contribution in [2.45, 2.75) is 31.4 Å². The second-order valence-corrected chi connectivity index (χ2v) is 5.08. The Hall–Kier alpha value is -0.690. The fourth-order valence-electron chi connectivity index (χ4n) is 1.41.